The summed E-state index contributed by atoms with van der Waals surface area (Å²) < 4.78 is 6.38. The molecule has 0 radical (unpaired) electrons. The third-order valence-corrected chi connectivity index (χ3v) is 5.37. The minimum atomic E-state index is -0.425. The van der Waals surface area contributed by atoms with Gasteiger partial charge in [-0.1, -0.05) is 24.8 Å². The lowest BCUT2D eigenvalue weighted by Crippen LogP contribution is -2.35. The van der Waals surface area contributed by atoms with E-state index in [0.29, 0.717) is 28.9 Å². The Bertz CT molecular complexity index is 1180. The second kappa shape index (κ2) is 9.69. The van der Waals surface area contributed by atoms with Crippen LogP contribution in [-0.2, 0) is 9.59 Å². The Hall–Kier alpha value is -3.27. The van der Waals surface area contributed by atoms with Crippen molar-refractivity contribution < 1.29 is 14.3 Å². The first kappa shape index (κ1) is 22.4. The third kappa shape index (κ3) is 5.26. The monoisotopic (exact) mass is 443 g/mol. The molecule has 9 nitrogen and oxygen atoms in total. The summed E-state index contributed by atoms with van der Waals surface area (Å²) >= 11 is 1.06. The molecule has 3 aromatic rings. The van der Waals surface area contributed by atoms with Gasteiger partial charge in [0.05, 0.1) is 24.1 Å². The Morgan fingerprint density at radius 2 is 2.00 bits per heavy atom. The number of nitrogens with one attached hydrogen (secondary N) is 3. The molecule has 0 atom stereocenters. The fraction of sp³-hybridized carbons (Fsp3) is 0.333. The Morgan fingerprint density at radius 1 is 1.23 bits per heavy atom. The minimum Gasteiger partial charge on any atom is -0.495 e. The van der Waals surface area contributed by atoms with Gasteiger partial charge in [0.1, 0.15) is 11.3 Å². The van der Waals surface area contributed by atoms with Gasteiger partial charge in [-0.2, -0.15) is 4.68 Å². The van der Waals surface area contributed by atoms with Crippen molar-refractivity contribution in [3.05, 3.63) is 45.9 Å². The number of hydrogen-bond donors (Lipinski definition) is 3. The summed E-state index contributed by atoms with van der Waals surface area (Å²) in [7, 11) is 1.53. The molecule has 31 heavy (non-hydrogen) atoms. The SMILES string of the molecule is CCCC(=O)Nn1c(SCC(=O)Nc2cc(C)ccc2OC)nc2cc(C)[nH]c2c1=O. The highest BCUT2D eigenvalue weighted by molar-refractivity contribution is 7.99. The summed E-state index contributed by atoms with van der Waals surface area (Å²) in [5.74, 6) is -0.0537. The second-order valence-electron chi connectivity index (χ2n) is 7.07. The Balaban J connectivity index is 1.84. The van der Waals surface area contributed by atoms with Crippen LogP contribution in [0.4, 0.5) is 5.69 Å². The summed E-state index contributed by atoms with van der Waals surface area (Å²) in [6.07, 6.45) is 0.910. The van der Waals surface area contributed by atoms with Crippen LogP contribution in [0.1, 0.15) is 31.0 Å². The smallest absolute Gasteiger partial charge is 0.297 e. The first-order chi connectivity index (χ1) is 14.8. The van der Waals surface area contributed by atoms with Crippen molar-refractivity contribution in [2.24, 2.45) is 0 Å². The normalized spacial score (nSPS) is 10.8. The average Bonchev–Trinajstić information content (AvgIpc) is 3.10. The van der Waals surface area contributed by atoms with Crippen molar-refractivity contribution in [2.45, 2.75) is 38.8 Å². The Kier molecular flexibility index (Phi) is 7.01. The van der Waals surface area contributed by atoms with Gasteiger partial charge < -0.3 is 15.0 Å². The van der Waals surface area contributed by atoms with Crippen LogP contribution < -0.4 is 21.0 Å². The maximum absolute atomic E-state index is 12.9. The minimum absolute atomic E-state index is 0.0118. The number of ether oxygens (including phenoxy) is 1. The van der Waals surface area contributed by atoms with E-state index in [1.165, 1.54) is 7.11 Å². The van der Waals surface area contributed by atoms with Gasteiger partial charge in [0.25, 0.3) is 5.56 Å². The van der Waals surface area contributed by atoms with Crippen molar-refractivity contribution in [3.63, 3.8) is 0 Å². The Labute approximate surface area is 183 Å². The number of benzene rings is 1. The van der Waals surface area contributed by atoms with Crippen LogP contribution in [0.5, 0.6) is 5.75 Å². The first-order valence-corrected chi connectivity index (χ1v) is 10.8. The number of anilines is 1. The van der Waals surface area contributed by atoms with Crippen LogP contribution in [0.3, 0.4) is 0 Å². The molecule has 10 heteroatoms. The number of aromatic nitrogens is 3. The van der Waals surface area contributed by atoms with E-state index in [4.69, 9.17) is 4.74 Å². The van der Waals surface area contributed by atoms with Crippen molar-refractivity contribution in [3.8, 4) is 5.75 Å². The van der Waals surface area contributed by atoms with Gasteiger partial charge in [-0.15, -0.1) is 0 Å². The molecule has 0 unspecified atom stereocenters. The number of methoxy groups -OCH3 is 1. The highest BCUT2D eigenvalue weighted by Gasteiger charge is 2.17. The fourth-order valence-corrected chi connectivity index (χ4v) is 3.77. The number of thioether (sulfide) groups is 1. The maximum Gasteiger partial charge on any atom is 0.297 e. The van der Waals surface area contributed by atoms with E-state index in [1.807, 2.05) is 32.9 Å². The molecule has 3 N–H and O–H groups in total. The number of aromatic amines is 1. The molecule has 0 spiro atoms. The molecule has 0 fully saturated rings. The number of H-pyrrole nitrogens is 1. The number of nitrogens with zero attached hydrogens (tertiary/aromatic N) is 2. The standard InChI is InChI=1S/C21H25N5O4S/c1-5-6-17(27)25-26-20(29)19-15(10-13(3)22-19)24-21(26)31-11-18(28)23-14-9-12(2)7-8-16(14)30-4/h7-10,22H,5-6,11H2,1-4H3,(H,23,28)(H,25,27). The highest BCUT2D eigenvalue weighted by atomic mass is 32.2. The van der Waals surface area contributed by atoms with E-state index in [-0.39, 0.29) is 29.1 Å². The summed E-state index contributed by atoms with van der Waals surface area (Å²) in [6.45, 7) is 5.61. The molecule has 0 saturated heterocycles. The van der Waals surface area contributed by atoms with Crippen LogP contribution in [0, 0.1) is 13.8 Å². The molecule has 0 bridgehead atoms. The molecular formula is C21H25N5O4S. The third-order valence-electron chi connectivity index (χ3n) is 4.43. The van der Waals surface area contributed by atoms with Crippen LogP contribution in [0.2, 0.25) is 0 Å². The van der Waals surface area contributed by atoms with Gasteiger partial charge in [-0.3, -0.25) is 19.8 Å². The van der Waals surface area contributed by atoms with E-state index < -0.39 is 5.56 Å². The molecule has 0 aliphatic heterocycles. The van der Waals surface area contributed by atoms with Crippen molar-refractivity contribution in [2.75, 3.05) is 23.6 Å². The van der Waals surface area contributed by atoms with Gasteiger partial charge in [0.15, 0.2) is 5.16 Å². The average molecular weight is 444 g/mol. The lowest BCUT2D eigenvalue weighted by atomic mass is 10.2. The first-order valence-electron chi connectivity index (χ1n) is 9.82. The van der Waals surface area contributed by atoms with Crippen LogP contribution >= 0.6 is 11.8 Å². The number of rotatable bonds is 8. The van der Waals surface area contributed by atoms with E-state index in [9.17, 15) is 14.4 Å². The summed E-state index contributed by atoms with van der Waals surface area (Å²) in [6, 6.07) is 7.23. The number of carbonyl (C=O) groups is 2. The molecule has 1 aromatic carbocycles. The molecule has 2 heterocycles. The van der Waals surface area contributed by atoms with Gasteiger partial charge in [0.2, 0.25) is 11.8 Å². The van der Waals surface area contributed by atoms with E-state index in [1.54, 1.807) is 12.1 Å². The molecule has 0 saturated carbocycles. The largest absolute Gasteiger partial charge is 0.495 e. The predicted octanol–water partition coefficient (Wildman–Crippen LogP) is 2.95. The van der Waals surface area contributed by atoms with Crippen LogP contribution in [0.25, 0.3) is 11.0 Å². The molecule has 164 valence electrons. The van der Waals surface area contributed by atoms with Gasteiger partial charge >= 0.3 is 0 Å². The molecule has 2 aromatic heterocycles. The van der Waals surface area contributed by atoms with Gasteiger partial charge in [0, 0.05) is 12.1 Å². The van der Waals surface area contributed by atoms with Crippen molar-refractivity contribution >= 4 is 40.3 Å². The van der Waals surface area contributed by atoms with Gasteiger partial charge in [-0.25, -0.2) is 4.98 Å². The topological polar surface area (TPSA) is 118 Å². The van der Waals surface area contributed by atoms with E-state index in [0.717, 1.165) is 27.7 Å². The zero-order chi connectivity index (χ0) is 22.5. The quantitative estimate of drug-likeness (QED) is 0.364. The Morgan fingerprint density at radius 3 is 2.71 bits per heavy atom. The highest BCUT2D eigenvalue weighted by Crippen LogP contribution is 2.26. The summed E-state index contributed by atoms with van der Waals surface area (Å²) in [5.41, 5.74) is 5.26. The van der Waals surface area contributed by atoms with Crippen LogP contribution in [-0.4, -0.2) is 39.3 Å². The molecular weight excluding hydrogens is 418 g/mol. The van der Waals surface area contributed by atoms with E-state index in [2.05, 4.69) is 20.7 Å². The van der Waals surface area contributed by atoms with E-state index >= 15 is 0 Å². The van der Waals surface area contributed by atoms with Crippen molar-refractivity contribution in [1.82, 2.24) is 14.6 Å². The number of amides is 2. The fourth-order valence-electron chi connectivity index (χ4n) is 3.02. The lowest BCUT2D eigenvalue weighted by molar-refractivity contribution is -0.117. The molecule has 2 amide bonds. The zero-order valence-electron chi connectivity index (χ0n) is 17.9. The number of fused-ring (bicyclic) bond motifs is 1. The molecule has 0 aliphatic carbocycles. The number of aryl methyl sites for hydroxylation is 2. The number of carbonyl (C=O) groups excluding carboxylic acids is 2. The molecule has 0 aliphatic rings. The lowest BCUT2D eigenvalue weighted by Gasteiger charge is -2.13. The zero-order valence-corrected chi connectivity index (χ0v) is 18.7. The number of hydrogen-bond acceptors (Lipinski definition) is 6. The molecule has 3 rings (SSSR count). The predicted molar refractivity (Wildman–Crippen MR) is 121 cm³/mol. The maximum atomic E-state index is 12.9. The second-order valence-corrected chi connectivity index (χ2v) is 8.02. The van der Waals surface area contributed by atoms with Gasteiger partial charge in [-0.05, 0) is 44.0 Å². The van der Waals surface area contributed by atoms with Crippen molar-refractivity contribution in [1.29, 1.82) is 0 Å². The summed E-state index contributed by atoms with van der Waals surface area (Å²) in [4.78, 5) is 45.0. The summed E-state index contributed by atoms with van der Waals surface area (Å²) in [5, 5.41) is 3.04. The van der Waals surface area contributed by atoms with Crippen LogP contribution in [0.15, 0.2) is 34.2 Å².